The van der Waals surface area contributed by atoms with Gasteiger partial charge >= 0.3 is 0 Å². The molecule has 0 bridgehead atoms. The van der Waals surface area contributed by atoms with Gasteiger partial charge in [0, 0.05) is 21.3 Å². The van der Waals surface area contributed by atoms with E-state index in [9.17, 15) is 0 Å². The summed E-state index contributed by atoms with van der Waals surface area (Å²) in [5.74, 6) is -0.599. The molecule has 0 aromatic heterocycles. The number of ether oxygens (including phenoxy) is 3. The van der Waals surface area contributed by atoms with Gasteiger partial charge in [-0.1, -0.05) is 0 Å². The Bertz CT molecular complexity index is 124. The van der Waals surface area contributed by atoms with Gasteiger partial charge in [-0.05, 0) is 0 Å². The summed E-state index contributed by atoms with van der Waals surface area (Å²) in [6.07, 6.45) is -0.0363. The normalized spacial score (nSPS) is 36.0. The molecule has 0 N–H and O–H groups in total. The van der Waals surface area contributed by atoms with Crippen molar-refractivity contribution in [2.24, 2.45) is 0 Å². The summed E-state index contributed by atoms with van der Waals surface area (Å²) in [5, 5.41) is 0.0347. The third-order valence-corrected chi connectivity index (χ3v) is 2.51. The van der Waals surface area contributed by atoms with Crippen molar-refractivity contribution in [3.63, 3.8) is 0 Å². The van der Waals surface area contributed by atoms with Gasteiger partial charge in [-0.15, -0.1) is 0 Å². The van der Waals surface area contributed by atoms with Gasteiger partial charge in [-0.25, -0.2) is 0 Å². The fraction of sp³-hybridized carbons (Fsp3) is 1.00. The quantitative estimate of drug-likeness (QED) is 0.480. The van der Waals surface area contributed by atoms with Crippen LogP contribution in [0.2, 0.25) is 0 Å². The lowest BCUT2D eigenvalue weighted by atomic mass is 10.7. The van der Waals surface area contributed by atoms with Crippen LogP contribution in [0, 0.1) is 0 Å². The largest absolute Gasteiger partial charge is 0.374 e. The van der Waals surface area contributed by atoms with Crippen LogP contribution < -0.4 is 0 Å². The molecule has 0 aliphatic heterocycles. The van der Waals surface area contributed by atoms with E-state index in [1.807, 2.05) is 0 Å². The van der Waals surface area contributed by atoms with Gasteiger partial charge in [0.25, 0.3) is 0 Å². The first-order valence-corrected chi connectivity index (χ1v) is 3.55. The summed E-state index contributed by atoms with van der Waals surface area (Å²) in [4.78, 5) is 0. The van der Waals surface area contributed by atoms with Gasteiger partial charge in [0.05, 0.1) is 5.25 Å². The molecule has 0 spiro atoms. The van der Waals surface area contributed by atoms with Gasteiger partial charge in [-0.2, -0.15) is 12.6 Å². The van der Waals surface area contributed by atoms with Gasteiger partial charge in [0.2, 0.25) is 5.79 Å². The van der Waals surface area contributed by atoms with Crippen molar-refractivity contribution in [1.82, 2.24) is 0 Å². The molecule has 2 atom stereocenters. The SMILES string of the molecule is COC1C(S)C1(OC)OC. The molecule has 0 saturated heterocycles. The molecule has 4 heteroatoms. The molecule has 60 valence electrons. The summed E-state index contributed by atoms with van der Waals surface area (Å²) in [6, 6.07) is 0. The second kappa shape index (κ2) is 2.70. The van der Waals surface area contributed by atoms with Crippen LogP contribution in [0.4, 0.5) is 0 Å². The minimum Gasteiger partial charge on any atom is -0.374 e. The van der Waals surface area contributed by atoms with E-state index in [0.717, 1.165) is 0 Å². The summed E-state index contributed by atoms with van der Waals surface area (Å²) >= 11 is 4.22. The molecule has 1 aliphatic rings. The van der Waals surface area contributed by atoms with Crippen molar-refractivity contribution < 1.29 is 14.2 Å². The molecule has 10 heavy (non-hydrogen) atoms. The lowest BCUT2D eigenvalue weighted by Crippen LogP contribution is -2.21. The van der Waals surface area contributed by atoms with E-state index in [0.29, 0.717) is 0 Å². The van der Waals surface area contributed by atoms with Crippen molar-refractivity contribution >= 4 is 12.6 Å². The first kappa shape index (κ1) is 8.33. The van der Waals surface area contributed by atoms with Crippen LogP contribution in [0.15, 0.2) is 0 Å². The van der Waals surface area contributed by atoms with Crippen molar-refractivity contribution in [2.45, 2.75) is 17.1 Å². The molecule has 1 rings (SSSR count). The minimum absolute atomic E-state index is 0.0347. The van der Waals surface area contributed by atoms with Gasteiger partial charge in [-0.3, -0.25) is 0 Å². The highest BCUT2D eigenvalue weighted by Crippen LogP contribution is 2.46. The Morgan fingerprint density at radius 3 is 1.80 bits per heavy atom. The fourth-order valence-corrected chi connectivity index (χ4v) is 1.75. The number of hydrogen-bond acceptors (Lipinski definition) is 4. The van der Waals surface area contributed by atoms with E-state index in [1.165, 1.54) is 0 Å². The van der Waals surface area contributed by atoms with E-state index in [2.05, 4.69) is 12.6 Å². The Balaban J connectivity index is 2.54. The second-order valence-corrected chi connectivity index (χ2v) is 2.79. The minimum atomic E-state index is -0.599. The van der Waals surface area contributed by atoms with E-state index in [4.69, 9.17) is 14.2 Å². The van der Waals surface area contributed by atoms with Gasteiger partial charge < -0.3 is 14.2 Å². The van der Waals surface area contributed by atoms with Crippen LogP contribution in [-0.2, 0) is 14.2 Å². The average Bonchev–Trinajstić information content (AvgIpc) is 2.56. The Labute approximate surface area is 66.1 Å². The maximum absolute atomic E-state index is 5.09. The standard InChI is InChI=1S/C6H12O3S/c1-7-4-5(10)6(4,8-2)9-3/h4-5,10H,1-3H3. The Hall–Kier alpha value is 0.230. The Morgan fingerprint density at radius 2 is 1.70 bits per heavy atom. The van der Waals surface area contributed by atoms with Gasteiger partial charge in [0.15, 0.2) is 0 Å². The lowest BCUT2D eigenvalue weighted by Gasteiger charge is -2.11. The zero-order valence-corrected chi connectivity index (χ0v) is 7.22. The summed E-state index contributed by atoms with van der Waals surface area (Å²) in [7, 11) is 4.80. The molecule has 1 saturated carbocycles. The van der Waals surface area contributed by atoms with Crippen molar-refractivity contribution in [2.75, 3.05) is 21.3 Å². The van der Waals surface area contributed by atoms with Crippen LogP contribution in [0.3, 0.4) is 0 Å². The van der Waals surface area contributed by atoms with E-state index < -0.39 is 5.79 Å². The molecule has 0 aromatic carbocycles. The summed E-state index contributed by atoms with van der Waals surface area (Å²) < 4.78 is 15.2. The first-order chi connectivity index (χ1) is 4.72. The summed E-state index contributed by atoms with van der Waals surface area (Å²) in [6.45, 7) is 0. The molecule has 0 amide bonds. The maximum atomic E-state index is 5.09. The third-order valence-electron chi connectivity index (χ3n) is 1.88. The molecule has 0 radical (unpaired) electrons. The average molecular weight is 164 g/mol. The van der Waals surface area contributed by atoms with Crippen LogP contribution >= 0.6 is 12.6 Å². The molecule has 1 fully saturated rings. The number of thiol groups is 1. The topological polar surface area (TPSA) is 27.7 Å². The first-order valence-electron chi connectivity index (χ1n) is 3.04. The lowest BCUT2D eigenvalue weighted by molar-refractivity contribution is -0.153. The highest BCUT2D eigenvalue weighted by atomic mass is 32.1. The Morgan fingerprint density at radius 1 is 1.20 bits per heavy atom. The number of methoxy groups -OCH3 is 3. The predicted molar refractivity (Wildman–Crippen MR) is 40.3 cm³/mol. The molecule has 0 aromatic rings. The van der Waals surface area contributed by atoms with Crippen molar-refractivity contribution in [3.05, 3.63) is 0 Å². The van der Waals surface area contributed by atoms with Crippen molar-refractivity contribution in [3.8, 4) is 0 Å². The summed E-state index contributed by atoms with van der Waals surface area (Å²) in [5.41, 5.74) is 0. The maximum Gasteiger partial charge on any atom is 0.210 e. The molecule has 0 heterocycles. The fourth-order valence-electron chi connectivity index (χ4n) is 1.15. The highest BCUT2D eigenvalue weighted by Gasteiger charge is 2.66. The smallest absolute Gasteiger partial charge is 0.210 e. The molecular weight excluding hydrogens is 152 g/mol. The van der Waals surface area contributed by atoms with Gasteiger partial charge in [0.1, 0.15) is 6.10 Å². The molecule has 3 nitrogen and oxygen atoms in total. The van der Waals surface area contributed by atoms with Crippen LogP contribution in [-0.4, -0.2) is 38.5 Å². The van der Waals surface area contributed by atoms with Crippen LogP contribution in [0.25, 0.3) is 0 Å². The Kier molecular flexibility index (Phi) is 2.24. The molecule has 2 unspecified atom stereocenters. The number of hydrogen-bond donors (Lipinski definition) is 1. The monoisotopic (exact) mass is 164 g/mol. The molecule has 1 aliphatic carbocycles. The third kappa shape index (κ3) is 0.871. The van der Waals surface area contributed by atoms with Crippen LogP contribution in [0.1, 0.15) is 0 Å². The second-order valence-electron chi connectivity index (χ2n) is 2.23. The predicted octanol–water partition coefficient (Wildman–Crippen LogP) is 0.303. The van der Waals surface area contributed by atoms with Crippen molar-refractivity contribution in [1.29, 1.82) is 0 Å². The van der Waals surface area contributed by atoms with Crippen LogP contribution in [0.5, 0.6) is 0 Å². The zero-order chi connectivity index (χ0) is 7.78. The van der Waals surface area contributed by atoms with E-state index in [-0.39, 0.29) is 11.4 Å². The van der Waals surface area contributed by atoms with E-state index >= 15 is 0 Å². The number of rotatable bonds is 3. The zero-order valence-electron chi connectivity index (χ0n) is 6.33. The molecular formula is C6H12O3S. The highest BCUT2D eigenvalue weighted by molar-refractivity contribution is 7.81. The van der Waals surface area contributed by atoms with E-state index in [1.54, 1.807) is 21.3 Å².